The molecule has 0 N–H and O–H groups in total. The Morgan fingerprint density at radius 1 is 1.44 bits per heavy atom. The largest absolute Gasteiger partial charge is 0.292 e. The number of hydrogen-bond donors (Lipinski definition) is 0. The zero-order chi connectivity index (χ0) is 11.7. The maximum Gasteiger partial charge on any atom is 0.191 e. The van der Waals surface area contributed by atoms with Crippen LogP contribution in [0.4, 0.5) is 0 Å². The Balaban J connectivity index is 2.73. The summed E-state index contributed by atoms with van der Waals surface area (Å²) in [6.07, 6.45) is 2.78. The third-order valence-electron chi connectivity index (χ3n) is 2.39. The summed E-state index contributed by atoms with van der Waals surface area (Å²) >= 11 is 3.34. The molecule has 0 spiro atoms. The third kappa shape index (κ3) is 1.63. The highest BCUT2D eigenvalue weighted by molar-refractivity contribution is 9.10. The number of ketones is 1. The topological polar surface area (TPSA) is 60.2 Å². The minimum atomic E-state index is -0.00197. The summed E-state index contributed by atoms with van der Waals surface area (Å²) < 4.78 is 2.45. The first-order valence-electron chi connectivity index (χ1n) is 5.11. The number of rotatable bonds is 3. The van der Waals surface area contributed by atoms with E-state index < -0.39 is 0 Å². The minimum Gasteiger partial charge on any atom is -0.292 e. The van der Waals surface area contributed by atoms with E-state index in [1.54, 1.807) is 10.7 Å². The van der Waals surface area contributed by atoms with E-state index in [1.165, 1.54) is 0 Å². The van der Waals surface area contributed by atoms with Gasteiger partial charge in [0, 0.05) is 6.42 Å². The van der Waals surface area contributed by atoms with Crippen LogP contribution in [0.25, 0.3) is 5.65 Å². The normalized spacial score (nSPS) is 10.9. The smallest absolute Gasteiger partial charge is 0.191 e. The highest BCUT2D eigenvalue weighted by Gasteiger charge is 2.16. The minimum absolute atomic E-state index is 0.00197. The van der Waals surface area contributed by atoms with Crippen molar-refractivity contribution < 1.29 is 4.79 Å². The predicted octanol–water partition coefficient (Wildman–Crippen LogP) is 2.04. The Morgan fingerprint density at radius 3 is 2.81 bits per heavy atom. The molecule has 0 saturated carbocycles. The molecular formula is C10H11BrN4O. The molecule has 6 heteroatoms. The molecule has 0 fully saturated rings. The zero-order valence-corrected chi connectivity index (χ0v) is 10.7. The summed E-state index contributed by atoms with van der Waals surface area (Å²) in [6, 6.07) is 0. The second-order valence-electron chi connectivity index (χ2n) is 3.35. The van der Waals surface area contributed by atoms with E-state index in [1.807, 2.05) is 13.8 Å². The predicted molar refractivity (Wildman–Crippen MR) is 62.5 cm³/mol. The van der Waals surface area contributed by atoms with Gasteiger partial charge in [0.15, 0.2) is 17.1 Å². The van der Waals surface area contributed by atoms with Crippen molar-refractivity contribution in [1.82, 2.24) is 19.8 Å². The van der Waals surface area contributed by atoms with Crippen LogP contribution in [0.3, 0.4) is 0 Å². The van der Waals surface area contributed by atoms with E-state index in [9.17, 15) is 4.79 Å². The SMILES string of the molecule is CCC(=O)c1nnc2c(Br)cnn2c1CC. The van der Waals surface area contributed by atoms with E-state index in [0.29, 0.717) is 24.2 Å². The Morgan fingerprint density at radius 2 is 2.19 bits per heavy atom. The summed E-state index contributed by atoms with van der Waals surface area (Å²) in [5.74, 6) is -0.00197. The molecule has 5 nitrogen and oxygen atoms in total. The molecule has 0 atom stereocenters. The molecule has 0 bridgehead atoms. The number of carbonyl (C=O) groups is 1. The van der Waals surface area contributed by atoms with Crippen molar-refractivity contribution in [3.63, 3.8) is 0 Å². The van der Waals surface area contributed by atoms with Gasteiger partial charge in [-0.05, 0) is 22.4 Å². The Bertz CT molecular complexity index is 549. The van der Waals surface area contributed by atoms with Crippen LogP contribution in [0.1, 0.15) is 36.5 Å². The van der Waals surface area contributed by atoms with Crippen LogP contribution in [-0.2, 0) is 6.42 Å². The summed E-state index contributed by atoms with van der Waals surface area (Å²) in [4.78, 5) is 11.7. The van der Waals surface area contributed by atoms with E-state index in [4.69, 9.17) is 0 Å². The summed E-state index contributed by atoms with van der Waals surface area (Å²) in [5.41, 5.74) is 1.88. The molecule has 16 heavy (non-hydrogen) atoms. The number of aromatic nitrogens is 4. The van der Waals surface area contributed by atoms with Crippen LogP contribution >= 0.6 is 15.9 Å². The van der Waals surface area contributed by atoms with Gasteiger partial charge in [-0.3, -0.25) is 4.79 Å². The number of halogens is 1. The van der Waals surface area contributed by atoms with Gasteiger partial charge in [0.2, 0.25) is 0 Å². The second kappa shape index (κ2) is 4.29. The first kappa shape index (κ1) is 11.2. The van der Waals surface area contributed by atoms with Crippen LogP contribution in [0.5, 0.6) is 0 Å². The van der Waals surface area contributed by atoms with Gasteiger partial charge in [-0.25, -0.2) is 4.52 Å². The van der Waals surface area contributed by atoms with Gasteiger partial charge in [0.1, 0.15) is 0 Å². The molecule has 0 aromatic carbocycles. The molecule has 2 rings (SSSR count). The first-order chi connectivity index (χ1) is 7.69. The number of nitrogens with zero attached hydrogens (tertiary/aromatic N) is 4. The lowest BCUT2D eigenvalue weighted by Gasteiger charge is -2.05. The van der Waals surface area contributed by atoms with Crippen molar-refractivity contribution in [2.24, 2.45) is 0 Å². The molecule has 0 saturated heterocycles. The molecule has 0 aliphatic carbocycles. The fourth-order valence-corrected chi connectivity index (χ4v) is 1.91. The quantitative estimate of drug-likeness (QED) is 0.809. The molecule has 0 unspecified atom stereocenters. The molecule has 0 aliphatic heterocycles. The molecule has 2 aromatic heterocycles. The number of fused-ring (bicyclic) bond motifs is 1. The van der Waals surface area contributed by atoms with Crippen LogP contribution in [0, 0.1) is 0 Å². The number of Topliss-reactive ketones (excluding diaryl/α,β-unsaturated/α-hetero) is 1. The van der Waals surface area contributed by atoms with E-state index in [-0.39, 0.29) is 5.78 Å². The molecule has 2 aromatic rings. The molecule has 0 aliphatic rings. The molecule has 0 radical (unpaired) electrons. The molecule has 0 amide bonds. The average molecular weight is 283 g/mol. The lowest BCUT2D eigenvalue weighted by atomic mass is 10.1. The maximum atomic E-state index is 11.7. The van der Waals surface area contributed by atoms with Crippen molar-refractivity contribution in [1.29, 1.82) is 0 Å². The van der Waals surface area contributed by atoms with E-state index >= 15 is 0 Å². The van der Waals surface area contributed by atoms with Gasteiger partial charge in [-0.1, -0.05) is 13.8 Å². The molecule has 84 valence electrons. The Labute approximate surface area is 101 Å². The van der Waals surface area contributed by atoms with Crippen molar-refractivity contribution >= 4 is 27.4 Å². The van der Waals surface area contributed by atoms with Crippen LogP contribution < -0.4 is 0 Å². The maximum absolute atomic E-state index is 11.7. The highest BCUT2D eigenvalue weighted by atomic mass is 79.9. The lowest BCUT2D eigenvalue weighted by molar-refractivity contribution is 0.0980. The van der Waals surface area contributed by atoms with Crippen molar-refractivity contribution in [2.75, 3.05) is 0 Å². The van der Waals surface area contributed by atoms with Gasteiger partial charge < -0.3 is 0 Å². The van der Waals surface area contributed by atoms with Crippen LogP contribution in [0.15, 0.2) is 10.7 Å². The zero-order valence-electron chi connectivity index (χ0n) is 9.07. The van der Waals surface area contributed by atoms with E-state index in [0.717, 1.165) is 10.2 Å². The van der Waals surface area contributed by atoms with Crippen molar-refractivity contribution in [3.05, 3.63) is 22.1 Å². The lowest BCUT2D eigenvalue weighted by Crippen LogP contribution is -2.12. The summed E-state index contributed by atoms with van der Waals surface area (Å²) in [7, 11) is 0. The molecular weight excluding hydrogens is 272 g/mol. The second-order valence-corrected chi connectivity index (χ2v) is 4.21. The summed E-state index contributed by atoms with van der Waals surface area (Å²) in [6.45, 7) is 3.78. The Hall–Kier alpha value is -1.30. The van der Waals surface area contributed by atoms with Gasteiger partial charge in [-0.15, -0.1) is 10.2 Å². The monoisotopic (exact) mass is 282 g/mol. The summed E-state index contributed by atoms with van der Waals surface area (Å²) in [5, 5.41) is 12.2. The van der Waals surface area contributed by atoms with Gasteiger partial charge in [0.05, 0.1) is 16.4 Å². The van der Waals surface area contributed by atoms with Crippen molar-refractivity contribution in [3.8, 4) is 0 Å². The Kier molecular flexibility index (Phi) is 3.00. The standard InChI is InChI=1S/C10H11BrN4O/c1-3-7-9(8(16)4-2)13-14-10-6(11)5-12-15(7)10/h5H,3-4H2,1-2H3. The van der Waals surface area contributed by atoms with Crippen LogP contribution in [-0.4, -0.2) is 25.6 Å². The fourth-order valence-electron chi connectivity index (χ4n) is 1.57. The average Bonchev–Trinajstić information content (AvgIpc) is 2.69. The van der Waals surface area contributed by atoms with Crippen molar-refractivity contribution in [2.45, 2.75) is 26.7 Å². The number of hydrogen-bond acceptors (Lipinski definition) is 4. The number of aryl methyl sites for hydroxylation is 1. The number of carbonyl (C=O) groups excluding carboxylic acids is 1. The molecule has 2 heterocycles. The third-order valence-corrected chi connectivity index (χ3v) is 2.95. The highest BCUT2D eigenvalue weighted by Crippen LogP contribution is 2.18. The van der Waals surface area contributed by atoms with Crippen LogP contribution in [0.2, 0.25) is 0 Å². The van der Waals surface area contributed by atoms with Gasteiger partial charge >= 0.3 is 0 Å². The van der Waals surface area contributed by atoms with Gasteiger partial charge in [0.25, 0.3) is 0 Å². The van der Waals surface area contributed by atoms with E-state index in [2.05, 4.69) is 31.2 Å². The first-order valence-corrected chi connectivity index (χ1v) is 5.90. The fraction of sp³-hybridized carbons (Fsp3) is 0.400. The van der Waals surface area contributed by atoms with Gasteiger partial charge in [-0.2, -0.15) is 5.10 Å².